The Morgan fingerprint density at radius 1 is 1.02 bits per heavy atom. The standard InChI is InChI=1S/C32H42N2O9/c1-30(2,3)42-28(37)33-32(16-11-12-18-34(21-32)29(38)43-31(4,5)6)17-15-23-19-24(35)25(26(41-23)27(36)39-7)40-20-22-13-9-8-10-14-22/h8-10,13-15,17,19H,11-12,16,18,20-21H2,1-7H3,(H,33,37). The number of hydrogen-bond acceptors (Lipinski definition) is 9. The summed E-state index contributed by atoms with van der Waals surface area (Å²) in [6.07, 6.45) is 3.73. The highest BCUT2D eigenvalue weighted by Crippen LogP contribution is 2.27. The molecule has 2 amide bonds. The summed E-state index contributed by atoms with van der Waals surface area (Å²) in [5.41, 5.74) is -2.38. The first-order chi connectivity index (χ1) is 20.1. The average molecular weight is 599 g/mol. The molecule has 1 saturated heterocycles. The molecule has 2 heterocycles. The van der Waals surface area contributed by atoms with Gasteiger partial charge in [0.05, 0.1) is 19.2 Å². The Balaban J connectivity index is 1.99. The summed E-state index contributed by atoms with van der Waals surface area (Å²) in [6.45, 7) is 11.1. The van der Waals surface area contributed by atoms with Crippen molar-refractivity contribution < 1.29 is 37.7 Å². The molecule has 11 nitrogen and oxygen atoms in total. The second-order valence-electron chi connectivity index (χ2n) is 12.4. The average Bonchev–Trinajstić information content (AvgIpc) is 3.12. The van der Waals surface area contributed by atoms with Gasteiger partial charge in [-0.25, -0.2) is 14.4 Å². The minimum Gasteiger partial charge on any atom is -0.481 e. The molecule has 3 rings (SSSR count). The molecule has 1 unspecified atom stereocenters. The number of nitrogens with one attached hydrogen (secondary N) is 1. The van der Waals surface area contributed by atoms with Crippen molar-refractivity contribution in [2.75, 3.05) is 20.2 Å². The van der Waals surface area contributed by atoms with Gasteiger partial charge in [0.25, 0.3) is 5.76 Å². The third-order valence-electron chi connectivity index (χ3n) is 6.26. The predicted octanol–water partition coefficient (Wildman–Crippen LogP) is 5.70. The molecule has 234 valence electrons. The number of esters is 1. The summed E-state index contributed by atoms with van der Waals surface area (Å²) in [7, 11) is 1.17. The minimum absolute atomic E-state index is 0.0240. The van der Waals surface area contributed by atoms with Crippen LogP contribution in [0.3, 0.4) is 0 Å². The van der Waals surface area contributed by atoms with E-state index in [9.17, 15) is 19.2 Å². The molecule has 0 bridgehead atoms. The molecule has 43 heavy (non-hydrogen) atoms. The zero-order valence-electron chi connectivity index (χ0n) is 26.0. The fourth-order valence-corrected chi connectivity index (χ4v) is 4.43. The van der Waals surface area contributed by atoms with Crippen molar-refractivity contribution in [2.24, 2.45) is 0 Å². The van der Waals surface area contributed by atoms with Crippen LogP contribution < -0.4 is 15.5 Å². The number of ether oxygens (including phenoxy) is 4. The third kappa shape index (κ3) is 10.2. The van der Waals surface area contributed by atoms with Gasteiger partial charge in [-0.3, -0.25) is 4.79 Å². The van der Waals surface area contributed by atoms with Crippen LogP contribution in [0.5, 0.6) is 5.75 Å². The molecular weight excluding hydrogens is 556 g/mol. The molecule has 1 fully saturated rings. The van der Waals surface area contributed by atoms with Gasteiger partial charge in [0.15, 0.2) is 0 Å². The van der Waals surface area contributed by atoms with E-state index in [0.29, 0.717) is 25.8 Å². The zero-order chi connectivity index (χ0) is 31.8. The molecule has 1 atom stereocenters. The monoisotopic (exact) mass is 598 g/mol. The van der Waals surface area contributed by atoms with Crippen LogP contribution in [-0.4, -0.2) is 60.0 Å². The van der Waals surface area contributed by atoms with E-state index in [-0.39, 0.29) is 24.7 Å². The lowest BCUT2D eigenvalue weighted by atomic mass is 9.92. The van der Waals surface area contributed by atoms with E-state index in [1.165, 1.54) is 24.2 Å². The Morgan fingerprint density at radius 2 is 1.70 bits per heavy atom. The maximum atomic E-state index is 13.1. The van der Waals surface area contributed by atoms with Crippen LogP contribution in [0.4, 0.5) is 9.59 Å². The molecule has 11 heteroatoms. The van der Waals surface area contributed by atoms with Crippen LogP contribution in [0.25, 0.3) is 6.08 Å². The van der Waals surface area contributed by atoms with E-state index in [1.54, 1.807) is 47.6 Å². The molecule has 1 aliphatic rings. The van der Waals surface area contributed by atoms with Gasteiger partial charge in [-0.05, 0) is 72.4 Å². The second-order valence-corrected chi connectivity index (χ2v) is 12.4. The number of nitrogens with zero attached hydrogens (tertiary/aromatic N) is 1. The summed E-state index contributed by atoms with van der Waals surface area (Å²) >= 11 is 0. The van der Waals surface area contributed by atoms with E-state index >= 15 is 0 Å². The van der Waals surface area contributed by atoms with Crippen LogP contribution >= 0.6 is 0 Å². The SMILES string of the molecule is COC(=O)c1oc(C=CC2(NC(=O)OC(C)(C)C)CCCCN(C(=O)OC(C)(C)C)C2)cc(=O)c1OCc1ccccc1. The smallest absolute Gasteiger partial charge is 0.410 e. The van der Waals surface area contributed by atoms with E-state index in [0.717, 1.165) is 5.56 Å². The Labute approximate surface area is 252 Å². The lowest BCUT2D eigenvalue weighted by molar-refractivity contribution is 0.0198. The first kappa shape index (κ1) is 33.2. The molecule has 1 aliphatic heterocycles. The minimum atomic E-state index is -1.11. The molecule has 1 N–H and O–H groups in total. The van der Waals surface area contributed by atoms with Crippen LogP contribution in [0.15, 0.2) is 51.7 Å². The van der Waals surface area contributed by atoms with Gasteiger partial charge in [-0.1, -0.05) is 36.4 Å². The van der Waals surface area contributed by atoms with E-state index in [4.69, 9.17) is 23.4 Å². The molecule has 1 aromatic carbocycles. The number of methoxy groups -OCH3 is 1. The summed E-state index contributed by atoms with van der Waals surface area (Å²) in [5.74, 6) is -1.53. The number of benzene rings is 1. The van der Waals surface area contributed by atoms with Gasteiger partial charge >= 0.3 is 18.2 Å². The van der Waals surface area contributed by atoms with Crippen molar-refractivity contribution in [3.05, 3.63) is 69.8 Å². The normalized spacial score (nSPS) is 17.6. The zero-order valence-corrected chi connectivity index (χ0v) is 26.0. The number of alkyl carbamates (subject to hydrolysis) is 1. The van der Waals surface area contributed by atoms with Crippen molar-refractivity contribution in [1.82, 2.24) is 10.2 Å². The summed E-state index contributed by atoms with van der Waals surface area (Å²) in [6, 6.07) is 10.3. The molecule has 2 aromatic rings. The first-order valence-electron chi connectivity index (χ1n) is 14.2. The van der Waals surface area contributed by atoms with Gasteiger partial charge in [0.1, 0.15) is 23.6 Å². The lowest BCUT2D eigenvalue weighted by Crippen LogP contribution is -2.55. The highest BCUT2D eigenvalue weighted by molar-refractivity contribution is 5.89. The molecular formula is C32H42N2O9. The van der Waals surface area contributed by atoms with Crippen LogP contribution in [-0.2, 0) is 20.8 Å². The largest absolute Gasteiger partial charge is 0.481 e. The second kappa shape index (κ2) is 13.8. The van der Waals surface area contributed by atoms with Crippen LogP contribution in [0, 0.1) is 0 Å². The molecule has 0 saturated carbocycles. The van der Waals surface area contributed by atoms with E-state index in [1.807, 2.05) is 30.3 Å². The summed E-state index contributed by atoms with van der Waals surface area (Å²) < 4.78 is 27.4. The van der Waals surface area contributed by atoms with Crippen molar-refractivity contribution >= 4 is 24.2 Å². The number of rotatable bonds is 7. The predicted molar refractivity (Wildman–Crippen MR) is 160 cm³/mol. The Hall–Kier alpha value is -4.28. The number of carbonyl (C=O) groups excluding carboxylic acids is 3. The Morgan fingerprint density at radius 3 is 2.33 bits per heavy atom. The van der Waals surface area contributed by atoms with Gasteiger partial charge < -0.3 is 33.6 Å². The first-order valence-corrected chi connectivity index (χ1v) is 14.2. The summed E-state index contributed by atoms with van der Waals surface area (Å²) in [4.78, 5) is 53.3. The quantitative estimate of drug-likeness (QED) is 0.314. The van der Waals surface area contributed by atoms with Crippen molar-refractivity contribution in [2.45, 2.75) is 84.2 Å². The van der Waals surface area contributed by atoms with Gasteiger partial charge in [0, 0.05) is 12.6 Å². The topological polar surface area (TPSA) is 134 Å². The van der Waals surface area contributed by atoms with Gasteiger partial charge in [-0.15, -0.1) is 0 Å². The summed E-state index contributed by atoms with van der Waals surface area (Å²) in [5, 5.41) is 2.93. The van der Waals surface area contributed by atoms with Crippen molar-refractivity contribution in [3.63, 3.8) is 0 Å². The maximum absolute atomic E-state index is 13.1. The maximum Gasteiger partial charge on any atom is 0.410 e. The number of carbonyl (C=O) groups is 3. The number of hydrogen-bond donors (Lipinski definition) is 1. The third-order valence-corrected chi connectivity index (χ3v) is 6.26. The van der Waals surface area contributed by atoms with Crippen LogP contribution in [0.2, 0.25) is 0 Å². The van der Waals surface area contributed by atoms with E-state index < -0.39 is 46.1 Å². The van der Waals surface area contributed by atoms with Crippen molar-refractivity contribution in [1.29, 1.82) is 0 Å². The van der Waals surface area contributed by atoms with E-state index in [2.05, 4.69) is 5.32 Å². The molecule has 0 spiro atoms. The number of likely N-dealkylation sites (tertiary alicyclic amines) is 1. The molecule has 0 aliphatic carbocycles. The highest BCUT2D eigenvalue weighted by atomic mass is 16.6. The highest BCUT2D eigenvalue weighted by Gasteiger charge is 2.38. The van der Waals surface area contributed by atoms with Gasteiger partial charge in [0.2, 0.25) is 11.2 Å². The fourth-order valence-electron chi connectivity index (χ4n) is 4.43. The Kier molecular flexibility index (Phi) is 10.7. The molecule has 0 radical (unpaired) electrons. The van der Waals surface area contributed by atoms with Crippen LogP contribution in [0.1, 0.15) is 82.7 Å². The van der Waals surface area contributed by atoms with Gasteiger partial charge in [-0.2, -0.15) is 0 Å². The molecule has 1 aromatic heterocycles. The van der Waals surface area contributed by atoms with Crippen molar-refractivity contribution in [3.8, 4) is 5.75 Å². The number of amides is 2. The Bertz CT molecular complexity index is 1370. The fraction of sp³-hybridized carbons (Fsp3) is 0.500. The lowest BCUT2D eigenvalue weighted by Gasteiger charge is -2.36.